The summed E-state index contributed by atoms with van der Waals surface area (Å²) >= 11 is 0. The number of nitrogens with one attached hydrogen (secondary N) is 1. The molecule has 0 aromatic carbocycles. The predicted molar refractivity (Wildman–Crippen MR) is 64.9 cm³/mol. The Morgan fingerprint density at radius 1 is 1.25 bits per heavy atom. The third-order valence-corrected chi connectivity index (χ3v) is 2.97. The second-order valence-corrected chi connectivity index (χ2v) is 4.22. The van der Waals surface area contributed by atoms with Crippen molar-refractivity contribution < 1.29 is 4.84 Å². The van der Waals surface area contributed by atoms with Crippen LogP contribution >= 0.6 is 0 Å². The van der Waals surface area contributed by atoms with E-state index in [9.17, 15) is 0 Å². The fourth-order valence-corrected chi connectivity index (χ4v) is 2.02. The van der Waals surface area contributed by atoms with Crippen LogP contribution in [0.25, 0.3) is 0 Å². The SMILES string of the molecule is C1#CCCCCC2(/C=C\N=C/C1)CCNO2. The Morgan fingerprint density at radius 2 is 2.25 bits per heavy atom. The summed E-state index contributed by atoms with van der Waals surface area (Å²) in [5.41, 5.74) is 2.83. The van der Waals surface area contributed by atoms with Crippen molar-refractivity contribution in [2.24, 2.45) is 4.99 Å². The molecule has 1 saturated heterocycles. The highest BCUT2D eigenvalue weighted by atomic mass is 16.7. The quantitative estimate of drug-likeness (QED) is 0.632. The molecule has 0 aromatic heterocycles. The molecule has 0 bridgehead atoms. The summed E-state index contributed by atoms with van der Waals surface area (Å²) in [6.07, 6.45) is 11.9. The zero-order valence-electron chi connectivity index (χ0n) is 9.54. The summed E-state index contributed by atoms with van der Waals surface area (Å²) in [5.74, 6) is 6.25. The first kappa shape index (κ1) is 11.4. The number of nitrogens with zero attached hydrogens (tertiary/aromatic N) is 1. The van der Waals surface area contributed by atoms with Gasteiger partial charge >= 0.3 is 0 Å². The molecular weight excluding hydrogens is 200 g/mol. The molecule has 1 fully saturated rings. The van der Waals surface area contributed by atoms with E-state index in [0.717, 1.165) is 45.1 Å². The molecule has 2 heterocycles. The predicted octanol–water partition coefficient (Wildman–Crippen LogP) is 2.20. The first-order valence-electron chi connectivity index (χ1n) is 5.97. The summed E-state index contributed by atoms with van der Waals surface area (Å²) in [5, 5.41) is 0. The van der Waals surface area contributed by atoms with Crippen molar-refractivity contribution in [1.82, 2.24) is 5.48 Å². The van der Waals surface area contributed by atoms with E-state index < -0.39 is 0 Å². The molecule has 3 heteroatoms. The lowest BCUT2D eigenvalue weighted by molar-refractivity contribution is -0.0257. The summed E-state index contributed by atoms with van der Waals surface area (Å²) in [4.78, 5) is 9.85. The average Bonchev–Trinajstić information content (AvgIpc) is 2.73. The van der Waals surface area contributed by atoms with Gasteiger partial charge in [-0.05, 0) is 31.8 Å². The van der Waals surface area contributed by atoms with Gasteiger partial charge in [0.1, 0.15) is 5.60 Å². The molecule has 2 rings (SSSR count). The second kappa shape index (κ2) is 5.83. The lowest BCUT2D eigenvalue weighted by Gasteiger charge is -2.22. The maximum Gasteiger partial charge on any atom is 0.111 e. The first-order chi connectivity index (χ1) is 7.91. The van der Waals surface area contributed by atoms with Crippen LogP contribution in [0.4, 0.5) is 0 Å². The highest BCUT2D eigenvalue weighted by molar-refractivity contribution is 5.61. The fraction of sp³-hybridized carbons (Fsp3) is 0.615. The second-order valence-electron chi connectivity index (χ2n) is 4.22. The van der Waals surface area contributed by atoms with Crippen LogP contribution in [0.1, 0.15) is 38.5 Å². The Morgan fingerprint density at radius 3 is 3.12 bits per heavy atom. The molecule has 1 N–H and O–H groups in total. The molecule has 1 unspecified atom stereocenters. The van der Waals surface area contributed by atoms with Gasteiger partial charge in [0, 0.05) is 31.8 Å². The van der Waals surface area contributed by atoms with E-state index in [4.69, 9.17) is 4.84 Å². The third kappa shape index (κ3) is 3.19. The third-order valence-electron chi connectivity index (χ3n) is 2.97. The maximum absolute atomic E-state index is 5.64. The van der Waals surface area contributed by atoms with Gasteiger partial charge in [-0.3, -0.25) is 9.83 Å². The van der Waals surface area contributed by atoms with Crippen molar-refractivity contribution >= 4 is 6.21 Å². The van der Waals surface area contributed by atoms with Crippen molar-refractivity contribution in [2.45, 2.75) is 44.1 Å². The molecule has 0 aromatic rings. The van der Waals surface area contributed by atoms with Crippen molar-refractivity contribution in [1.29, 1.82) is 0 Å². The lowest BCUT2D eigenvalue weighted by Crippen LogP contribution is -2.26. The van der Waals surface area contributed by atoms with Crippen molar-refractivity contribution in [3.8, 4) is 11.8 Å². The maximum atomic E-state index is 5.64. The molecule has 16 heavy (non-hydrogen) atoms. The normalized spacial score (nSPS) is 34.5. The van der Waals surface area contributed by atoms with E-state index >= 15 is 0 Å². The van der Waals surface area contributed by atoms with Gasteiger partial charge in [0.25, 0.3) is 0 Å². The van der Waals surface area contributed by atoms with Crippen LogP contribution < -0.4 is 5.48 Å². The van der Waals surface area contributed by atoms with E-state index in [2.05, 4.69) is 28.4 Å². The monoisotopic (exact) mass is 218 g/mol. The lowest BCUT2D eigenvalue weighted by atomic mass is 9.93. The summed E-state index contributed by atoms with van der Waals surface area (Å²) < 4.78 is 0. The molecular formula is C13H18N2O. The molecule has 3 nitrogen and oxygen atoms in total. The number of aliphatic imine (C=N–C) groups is 1. The van der Waals surface area contributed by atoms with E-state index in [1.54, 1.807) is 0 Å². The molecule has 2 aliphatic rings. The van der Waals surface area contributed by atoms with Crippen LogP contribution in [-0.4, -0.2) is 18.4 Å². The molecule has 0 amide bonds. The van der Waals surface area contributed by atoms with E-state index in [1.165, 1.54) is 0 Å². The van der Waals surface area contributed by atoms with E-state index in [-0.39, 0.29) is 5.60 Å². The Hall–Kier alpha value is -1.11. The van der Waals surface area contributed by atoms with Crippen LogP contribution in [0.15, 0.2) is 17.3 Å². The van der Waals surface area contributed by atoms with Crippen LogP contribution in [0.5, 0.6) is 0 Å². The molecule has 0 aliphatic carbocycles. The van der Waals surface area contributed by atoms with Crippen LogP contribution in [-0.2, 0) is 4.84 Å². The number of rotatable bonds is 0. The van der Waals surface area contributed by atoms with Crippen LogP contribution in [0.3, 0.4) is 0 Å². The smallest absolute Gasteiger partial charge is 0.111 e. The minimum Gasteiger partial charge on any atom is -0.291 e. The number of hydrogen-bond donors (Lipinski definition) is 1. The van der Waals surface area contributed by atoms with Crippen molar-refractivity contribution in [3.05, 3.63) is 12.3 Å². The van der Waals surface area contributed by atoms with Crippen molar-refractivity contribution in [3.63, 3.8) is 0 Å². The van der Waals surface area contributed by atoms with E-state index in [1.807, 2.05) is 12.4 Å². The van der Waals surface area contributed by atoms with Gasteiger partial charge in [0.2, 0.25) is 0 Å². The highest BCUT2D eigenvalue weighted by Gasteiger charge is 2.32. The Balaban J connectivity index is 2.02. The number of hydroxylamine groups is 1. The zero-order chi connectivity index (χ0) is 11.1. The van der Waals surface area contributed by atoms with Gasteiger partial charge in [-0.25, -0.2) is 5.48 Å². The van der Waals surface area contributed by atoms with Gasteiger partial charge in [-0.1, -0.05) is 5.92 Å². The van der Waals surface area contributed by atoms with Gasteiger partial charge in [-0.15, -0.1) is 5.92 Å². The Bertz CT molecular complexity index is 330. The largest absolute Gasteiger partial charge is 0.291 e. The zero-order valence-corrected chi connectivity index (χ0v) is 9.54. The Kier molecular flexibility index (Phi) is 4.15. The Labute approximate surface area is 96.9 Å². The molecule has 1 atom stereocenters. The van der Waals surface area contributed by atoms with Crippen LogP contribution in [0.2, 0.25) is 0 Å². The molecule has 86 valence electrons. The van der Waals surface area contributed by atoms with Gasteiger partial charge in [-0.2, -0.15) is 0 Å². The standard InChI is InChI=1S/C13H18N2O/c1-2-4-6-10-14-11-8-13(7-5-3-1)9-12-15-16-13/h8,10-11,15H,1,3,5-7,9,12H2/b11-8-,14-10-. The average molecular weight is 218 g/mol. The summed E-state index contributed by atoms with van der Waals surface area (Å²) in [6.45, 7) is 0.924. The minimum atomic E-state index is -0.135. The number of hydrogen-bond acceptors (Lipinski definition) is 3. The fourth-order valence-electron chi connectivity index (χ4n) is 2.02. The molecule has 0 radical (unpaired) electrons. The minimum absolute atomic E-state index is 0.135. The van der Waals surface area contributed by atoms with Crippen molar-refractivity contribution in [2.75, 3.05) is 6.54 Å². The molecule has 2 aliphatic heterocycles. The van der Waals surface area contributed by atoms with Crippen LogP contribution in [0, 0.1) is 11.8 Å². The summed E-state index contributed by atoms with van der Waals surface area (Å²) in [6, 6.07) is 0. The topological polar surface area (TPSA) is 33.6 Å². The van der Waals surface area contributed by atoms with Gasteiger partial charge < -0.3 is 0 Å². The molecule has 1 spiro atoms. The first-order valence-corrected chi connectivity index (χ1v) is 5.97. The molecule has 0 saturated carbocycles. The highest BCUT2D eigenvalue weighted by Crippen LogP contribution is 2.28. The van der Waals surface area contributed by atoms with Gasteiger partial charge in [0.05, 0.1) is 0 Å². The summed E-state index contributed by atoms with van der Waals surface area (Å²) in [7, 11) is 0. The van der Waals surface area contributed by atoms with Gasteiger partial charge in [0.15, 0.2) is 0 Å². The van der Waals surface area contributed by atoms with E-state index in [0.29, 0.717) is 0 Å².